The van der Waals surface area contributed by atoms with Crippen LogP contribution < -0.4 is 4.74 Å². The van der Waals surface area contributed by atoms with Crippen LogP contribution >= 0.6 is 10.7 Å². The van der Waals surface area contributed by atoms with Gasteiger partial charge in [0.25, 0.3) is 9.05 Å². The Labute approximate surface area is 103 Å². The van der Waals surface area contributed by atoms with E-state index in [0.717, 1.165) is 0 Å². The van der Waals surface area contributed by atoms with Crippen molar-refractivity contribution >= 4 is 19.7 Å². The van der Waals surface area contributed by atoms with Gasteiger partial charge in [0.05, 0.1) is 11.1 Å². The SMILES string of the molecule is O=S(=O)(Cl)c1ccc(Oc2cccnc2)cc1. The molecule has 0 spiro atoms. The van der Waals surface area contributed by atoms with Crippen LogP contribution in [0.2, 0.25) is 0 Å². The van der Waals surface area contributed by atoms with Crippen molar-refractivity contribution in [2.45, 2.75) is 4.90 Å². The van der Waals surface area contributed by atoms with Crippen LogP contribution in [0.3, 0.4) is 0 Å². The molecule has 0 N–H and O–H groups in total. The normalized spacial score (nSPS) is 11.1. The van der Waals surface area contributed by atoms with Crippen LogP contribution in [0.25, 0.3) is 0 Å². The van der Waals surface area contributed by atoms with E-state index in [9.17, 15) is 8.42 Å². The van der Waals surface area contributed by atoms with Gasteiger partial charge in [0.15, 0.2) is 0 Å². The number of ether oxygens (including phenoxy) is 1. The lowest BCUT2D eigenvalue weighted by Gasteiger charge is -2.04. The molecule has 0 atom stereocenters. The van der Waals surface area contributed by atoms with E-state index in [1.807, 2.05) is 0 Å². The van der Waals surface area contributed by atoms with E-state index in [1.54, 1.807) is 24.5 Å². The van der Waals surface area contributed by atoms with Gasteiger partial charge in [-0.1, -0.05) is 0 Å². The number of pyridine rings is 1. The first-order chi connectivity index (χ1) is 8.05. The third kappa shape index (κ3) is 3.18. The van der Waals surface area contributed by atoms with Crippen molar-refractivity contribution in [1.82, 2.24) is 4.98 Å². The Morgan fingerprint density at radius 2 is 1.76 bits per heavy atom. The van der Waals surface area contributed by atoms with Gasteiger partial charge in [-0.05, 0) is 36.4 Å². The lowest BCUT2D eigenvalue weighted by molar-refractivity contribution is 0.480. The molecule has 0 bridgehead atoms. The van der Waals surface area contributed by atoms with E-state index in [0.29, 0.717) is 11.5 Å². The largest absolute Gasteiger partial charge is 0.456 e. The molecule has 6 heteroatoms. The molecule has 0 saturated carbocycles. The van der Waals surface area contributed by atoms with Crippen molar-refractivity contribution in [3.05, 3.63) is 48.8 Å². The van der Waals surface area contributed by atoms with E-state index in [2.05, 4.69) is 4.98 Å². The summed E-state index contributed by atoms with van der Waals surface area (Å²) in [7, 11) is 1.50. The van der Waals surface area contributed by atoms with Crippen molar-refractivity contribution in [2.75, 3.05) is 0 Å². The summed E-state index contributed by atoms with van der Waals surface area (Å²) in [5.74, 6) is 1.09. The fourth-order valence-electron chi connectivity index (χ4n) is 1.21. The predicted octanol–water partition coefficient (Wildman–Crippen LogP) is 2.80. The van der Waals surface area contributed by atoms with Crippen LogP contribution in [-0.2, 0) is 9.05 Å². The maximum absolute atomic E-state index is 11.0. The zero-order valence-electron chi connectivity index (χ0n) is 8.58. The summed E-state index contributed by atoms with van der Waals surface area (Å²) in [6.07, 6.45) is 3.20. The van der Waals surface area contributed by atoms with Crippen LogP contribution in [0.1, 0.15) is 0 Å². The first kappa shape index (κ1) is 11.9. The molecule has 2 rings (SSSR count). The molecule has 17 heavy (non-hydrogen) atoms. The molecule has 0 aliphatic carbocycles. The van der Waals surface area contributed by atoms with E-state index < -0.39 is 9.05 Å². The van der Waals surface area contributed by atoms with E-state index in [4.69, 9.17) is 15.4 Å². The van der Waals surface area contributed by atoms with Gasteiger partial charge in [-0.25, -0.2) is 8.42 Å². The first-order valence-electron chi connectivity index (χ1n) is 4.68. The summed E-state index contributed by atoms with van der Waals surface area (Å²) >= 11 is 0. The zero-order chi connectivity index (χ0) is 12.3. The molecule has 0 amide bonds. The summed E-state index contributed by atoms with van der Waals surface area (Å²) in [5, 5.41) is 0. The van der Waals surface area contributed by atoms with E-state index in [-0.39, 0.29) is 4.90 Å². The number of hydrogen-bond acceptors (Lipinski definition) is 4. The highest BCUT2D eigenvalue weighted by Gasteiger charge is 2.09. The maximum atomic E-state index is 11.0. The number of aromatic nitrogens is 1. The lowest BCUT2D eigenvalue weighted by Crippen LogP contribution is -1.90. The number of halogens is 1. The predicted molar refractivity (Wildman–Crippen MR) is 63.8 cm³/mol. The highest BCUT2D eigenvalue weighted by Crippen LogP contribution is 2.23. The Bertz CT molecular complexity index is 596. The second-order valence-electron chi connectivity index (χ2n) is 3.20. The van der Waals surface area contributed by atoms with Crippen molar-refractivity contribution in [3.8, 4) is 11.5 Å². The number of hydrogen-bond donors (Lipinski definition) is 0. The molecular formula is C11H8ClNO3S. The molecule has 0 aliphatic rings. The van der Waals surface area contributed by atoms with Crippen molar-refractivity contribution < 1.29 is 13.2 Å². The minimum atomic E-state index is -3.69. The second-order valence-corrected chi connectivity index (χ2v) is 5.77. The fourth-order valence-corrected chi connectivity index (χ4v) is 1.98. The smallest absolute Gasteiger partial charge is 0.261 e. The minimum Gasteiger partial charge on any atom is -0.456 e. The maximum Gasteiger partial charge on any atom is 0.261 e. The highest BCUT2D eigenvalue weighted by atomic mass is 35.7. The molecule has 0 radical (unpaired) electrons. The number of nitrogens with zero attached hydrogens (tertiary/aromatic N) is 1. The molecule has 1 aromatic carbocycles. The Hall–Kier alpha value is -1.59. The Balaban J connectivity index is 2.20. The van der Waals surface area contributed by atoms with E-state index >= 15 is 0 Å². The summed E-state index contributed by atoms with van der Waals surface area (Å²) < 4.78 is 27.5. The third-order valence-electron chi connectivity index (χ3n) is 1.98. The van der Waals surface area contributed by atoms with Crippen molar-refractivity contribution in [1.29, 1.82) is 0 Å². The summed E-state index contributed by atoms with van der Waals surface area (Å²) in [5.41, 5.74) is 0. The molecule has 4 nitrogen and oxygen atoms in total. The Morgan fingerprint density at radius 3 is 2.29 bits per heavy atom. The Morgan fingerprint density at radius 1 is 1.06 bits per heavy atom. The molecule has 1 aromatic heterocycles. The molecule has 0 saturated heterocycles. The van der Waals surface area contributed by atoms with Crippen LogP contribution in [0.15, 0.2) is 53.7 Å². The van der Waals surface area contributed by atoms with Crippen LogP contribution in [-0.4, -0.2) is 13.4 Å². The summed E-state index contributed by atoms with van der Waals surface area (Å²) in [6.45, 7) is 0. The first-order valence-corrected chi connectivity index (χ1v) is 6.99. The van der Waals surface area contributed by atoms with Gasteiger partial charge < -0.3 is 4.74 Å². The third-order valence-corrected chi connectivity index (χ3v) is 3.35. The van der Waals surface area contributed by atoms with Gasteiger partial charge in [-0.15, -0.1) is 0 Å². The van der Waals surface area contributed by atoms with Crippen molar-refractivity contribution in [3.63, 3.8) is 0 Å². The van der Waals surface area contributed by atoms with Crippen LogP contribution in [0, 0.1) is 0 Å². The van der Waals surface area contributed by atoms with Gasteiger partial charge in [0.2, 0.25) is 0 Å². The quantitative estimate of drug-likeness (QED) is 0.804. The molecule has 88 valence electrons. The van der Waals surface area contributed by atoms with Crippen LogP contribution in [0.4, 0.5) is 0 Å². The topological polar surface area (TPSA) is 56.3 Å². The van der Waals surface area contributed by atoms with Gasteiger partial charge in [-0.2, -0.15) is 0 Å². The van der Waals surface area contributed by atoms with Crippen LogP contribution in [0.5, 0.6) is 11.5 Å². The van der Waals surface area contributed by atoms with Gasteiger partial charge in [0.1, 0.15) is 11.5 Å². The molecule has 2 aromatic rings. The molecule has 1 heterocycles. The number of rotatable bonds is 3. The highest BCUT2D eigenvalue weighted by molar-refractivity contribution is 8.13. The Kier molecular flexibility index (Phi) is 3.31. The molecule has 0 aliphatic heterocycles. The van der Waals surface area contributed by atoms with Gasteiger partial charge in [0, 0.05) is 16.9 Å². The zero-order valence-corrected chi connectivity index (χ0v) is 10.1. The van der Waals surface area contributed by atoms with Crippen molar-refractivity contribution in [2.24, 2.45) is 0 Å². The van der Waals surface area contributed by atoms with E-state index in [1.165, 1.54) is 24.3 Å². The summed E-state index contributed by atoms with van der Waals surface area (Å²) in [6, 6.07) is 9.32. The van der Waals surface area contributed by atoms with Gasteiger partial charge in [-0.3, -0.25) is 4.98 Å². The number of benzene rings is 1. The average Bonchev–Trinajstić information content (AvgIpc) is 2.30. The standard InChI is InChI=1S/C11H8ClNO3S/c12-17(14,15)11-5-3-9(4-6-11)16-10-2-1-7-13-8-10/h1-8H. The lowest BCUT2D eigenvalue weighted by atomic mass is 10.3. The molecule has 0 unspecified atom stereocenters. The second kappa shape index (κ2) is 4.73. The fraction of sp³-hybridized carbons (Fsp3) is 0. The van der Waals surface area contributed by atoms with Gasteiger partial charge >= 0.3 is 0 Å². The minimum absolute atomic E-state index is 0.0395. The summed E-state index contributed by atoms with van der Waals surface area (Å²) in [4.78, 5) is 3.94. The average molecular weight is 270 g/mol. The molecular weight excluding hydrogens is 262 g/mol. The molecule has 0 fully saturated rings. The monoisotopic (exact) mass is 269 g/mol.